The first-order valence-corrected chi connectivity index (χ1v) is 7.16. The summed E-state index contributed by atoms with van der Waals surface area (Å²) >= 11 is 5.91. The van der Waals surface area contributed by atoms with Gasteiger partial charge in [-0.15, -0.1) is 6.42 Å². The number of ether oxygens (including phenoxy) is 1. The quantitative estimate of drug-likeness (QED) is 0.826. The summed E-state index contributed by atoms with van der Waals surface area (Å²) in [5.74, 6) is 2.46. The Morgan fingerprint density at radius 1 is 1.53 bits per heavy atom. The van der Waals surface area contributed by atoms with Crippen molar-refractivity contribution in [3.8, 4) is 18.1 Å². The number of methoxy groups -OCH3 is 1. The van der Waals surface area contributed by atoms with E-state index < -0.39 is 10.0 Å². The van der Waals surface area contributed by atoms with E-state index in [0.29, 0.717) is 5.56 Å². The molecule has 5 nitrogen and oxygen atoms in total. The van der Waals surface area contributed by atoms with Gasteiger partial charge in [-0.1, -0.05) is 17.5 Å². The molecule has 0 aliphatic heterocycles. The summed E-state index contributed by atoms with van der Waals surface area (Å²) in [5, 5.41) is 0.272. The third kappa shape index (κ3) is 3.19. The second-order valence-electron chi connectivity index (χ2n) is 3.77. The molecule has 1 aromatic rings. The number of rotatable bonds is 5. The van der Waals surface area contributed by atoms with Gasteiger partial charge in [-0.25, -0.2) is 8.42 Å². The van der Waals surface area contributed by atoms with Crippen molar-refractivity contribution >= 4 is 21.6 Å². The van der Waals surface area contributed by atoms with Gasteiger partial charge in [-0.3, -0.25) is 0 Å². The molecule has 2 N–H and O–H groups in total. The van der Waals surface area contributed by atoms with E-state index in [2.05, 4.69) is 5.92 Å². The monoisotopic (exact) mass is 302 g/mol. The van der Waals surface area contributed by atoms with E-state index in [-0.39, 0.29) is 28.8 Å². The van der Waals surface area contributed by atoms with Gasteiger partial charge in [-0.2, -0.15) is 4.31 Å². The van der Waals surface area contributed by atoms with E-state index in [1.807, 2.05) is 0 Å². The van der Waals surface area contributed by atoms with Crippen LogP contribution in [0.5, 0.6) is 5.75 Å². The lowest BCUT2D eigenvalue weighted by Gasteiger charge is -2.18. The standard InChI is InChI=1S/C12H15ClN2O3S/c1-4-5-15(2)19(16,17)11-7-10(13)6-9(8-14)12(11)18-3/h1,6-7H,5,8,14H2,2-3H3. The molecule has 0 bridgehead atoms. The predicted octanol–water partition coefficient (Wildman–Crippen LogP) is 1.06. The minimum absolute atomic E-state index is 0.0410. The Balaban J connectivity index is 3.50. The number of nitrogens with two attached hydrogens (primary N) is 1. The van der Waals surface area contributed by atoms with Crippen LogP contribution in [0.1, 0.15) is 5.56 Å². The number of halogens is 1. The van der Waals surface area contributed by atoms with E-state index in [4.69, 9.17) is 28.5 Å². The van der Waals surface area contributed by atoms with Gasteiger partial charge in [0.1, 0.15) is 10.6 Å². The van der Waals surface area contributed by atoms with Crippen molar-refractivity contribution in [2.45, 2.75) is 11.4 Å². The van der Waals surface area contributed by atoms with Crippen LogP contribution in [0.2, 0.25) is 5.02 Å². The first kappa shape index (κ1) is 15.8. The molecule has 7 heteroatoms. The van der Waals surface area contributed by atoms with Crippen LogP contribution in [0.15, 0.2) is 17.0 Å². The van der Waals surface area contributed by atoms with Gasteiger partial charge < -0.3 is 10.5 Å². The van der Waals surface area contributed by atoms with Crippen LogP contribution in [0.25, 0.3) is 0 Å². The van der Waals surface area contributed by atoms with Crippen molar-refractivity contribution in [1.82, 2.24) is 4.31 Å². The number of sulfonamides is 1. The number of benzene rings is 1. The van der Waals surface area contributed by atoms with Crippen molar-refractivity contribution in [2.75, 3.05) is 20.7 Å². The minimum atomic E-state index is -3.77. The molecule has 104 valence electrons. The van der Waals surface area contributed by atoms with Crippen molar-refractivity contribution in [1.29, 1.82) is 0 Å². The third-order valence-electron chi connectivity index (χ3n) is 2.52. The molecule has 0 spiro atoms. The Morgan fingerprint density at radius 3 is 2.63 bits per heavy atom. The smallest absolute Gasteiger partial charge is 0.247 e. The first-order chi connectivity index (χ1) is 8.88. The lowest BCUT2D eigenvalue weighted by molar-refractivity contribution is 0.394. The fourth-order valence-electron chi connectivity index (χ4n) is 1.58. The largest absolute Gasteiger partial charge is 0.495 e. The van der Waals surface area contributed by atoms with Gasteiger partial charge in [0.15, 0.2) is 0 Å². The fraction of sp³-hybridized carbons (Fsp3) is 0.333. The molecule has 0 saturated carbocycles. The molecular weight excluding hydrogens is 288 g/mol. The molecule has 0 aliphatic carbocycles. The minimum Gasteiger partial charge on any atom is -0.495 e. The van der Waals surface area contributed by atoms with Gasteiger partial charge >= 0.3 is 0 Å². The highest BCUT2D eigenvalue weighted by atomic mass is 35.5. The summed E-state index contributed by atoms with van der Waals surface area (Å²) in [5.41, 5.74) is 6.08. The average molecular weight is 303 g/mol. The molecule has 0 unspecified atom stereocenters. The summed E-state index contributed by atoms with van der Waals surface area (Å²) in [4.78, 5) is -0.0410. The Hall–Kier alpha value is -1.26. The highest BCUT2D eigenvalue weighted by Gasteiger charge is 2.26. The normalized spacial score (nSPS) is 11.4. The molecule has 1 aromatic carbocycles. The Morgan fingerprint density at radius 2 is 2.16 bits per heavy atom. The molecule has 1 rings (SSSR count). The highest BCUT2D eigenvalue weighted by Crippen LogP contribution is 2.33. The van der Waals surface area contributed by atoms with Crippen LogP contribution in [-0.4, -0.2) is 33.4 Å². The maximum Gasteiger partial charge on any atom is 0.247 e. The average Bonchev–Trinajstić information content (AvgIpc) is 2.37. The van der Waals surface area contributed by atoms with Crippen molar-refractivity contribution in [3.05, 3.63) is 22.7 Å². The zero-order valence-corrected chi connectivity index (χ0v) is 12.3. The molecule has 0 radical (unpaired) electrons. The van der Waals surface area contributed by atoms with Gasteiger partial charge in [0.25, 0.3) is 0 Å². The van der Waals surface area contributed by atoms with E-state index >= 15 is 0 Å². The van der Waals surface area contributed by atoms with E-state index in [0.717, 1.165) is 4.31 Å². The molecular formula is C12H15ClN2O3S. The zero-order chi connectivity index (χ0) is 14.6. The maximum atomic E-state index is 12.4. The summed E-state index contributed by atoms with van der Waals surface area (Å²) in [6.07, 6.45) is 5.13. The van der Waals surface area contributed by atoms with E-state index in [1.54, 1.807) is 6.07 Å². The van der Waals surface area contributed by atoms with Crippen molar-refractivity contribution in [3.63, 3.8) is 0 Å². The molecule has 0 amide bonds. The summed E-state index contributed by atoms with van der Waals surface area (Å²) in [7, 11) is -1.01. The fourth-order valence-corrected chi connectivity index (χ4v) is 3.19. The van der Waals surface area contributed by atoms with Gasteiger partial charge in [0.2, 0.25) is 10.0 Å². The van der Waals surface area contributed by atoms with Crippen LogP contribution in [0.3, 0.4) is 0 Å². The molecule has 19 heavy (non-hydrogen) atoms. The Labute approximate surface area is 118 Å². The zero-order valence-electron chi connectivity index (χ0n) is 10.7. The lowest BCUT2D eigenvalue weighted by Crippen LogP contribution is -2.28. The lowest BCUT2D eigenvalue weighted by atomic mass is 10.2. The molecule has 0 fully saturated rings. The second kappa shape index (κ2) is 6.26. The van der Waals surface area contributed by atoms with Gasteiger partial charge in [0.05, 0.1) is 13.7 Å². The van der Waals surface area contributed by atoms with E-state index in [1.165, 1.54) is 20.2 Å². The molecule has 0 saturated heterocycles. The third-order valence-corrected chi connectivity index (χ3v) is 4.55. The molecule has 0 aliphatic rings. The Kier molecular flexibility index (Phi) is 5.20. The van der Waals surface area contributed by atoms with Gasteiger partial charge in [0, 0.05) is 24.2 Å². The van der Waals surface area contributed by atoms with Crippen LogP contribution in [0.4, 0.5) is 0 Å². The second-order valence-corrected chi connectivity index (χ2v) is 6.22. The van der Waals surface area contributed by atoms with Crippen LogP contribution in [-0.2, 0) is 16.6 Å². The SMILES string of the molecule is C#CCN(C)S(=O)(=O)c1cc(Cl)cc(CN)c1OC. The Bertz CT molecular complexity index is 608. The van der Waals surface area contributed by atoms with Crippen molar-refractivity contribution < 1.29 is 13.2 Å². The summed E-state index contributed by atoms with van der Waals surface area (Å²) in [6, 6.07) is 2.89. The van der Waals surface area contributed by atoms with Crippen LogP contribution < -0.4 is 10.5 Å². The predicted molar refractivity (Wildman–Crippen MR) is 74.5 cm³/mol. The number of nitrogens with zero attached hydrogens (tertiary/aromatic N) is 1. The summed E-state index contributed by atoms with van der Waals surface area (Å²) in [6.45, 7) is 0.0705. The highest BCUT2D eigenvalue weighted by molar-refractivity contribution is 7.89. The molecule has 0 aromatic heterocycles. The van der Waals surface area contributed by atoms with Crippen molar-refractivity contribution in [2.24, 2.45) is 5.73 Å². The van der Waals surface area contributed by atoms with Gasteiger partial charge in [-0.05, 0) is 12.1 Å². The first-order valence-electron chi connectivity index (χ1n) is 5.34. The molecule has 0 atom stereocenters. The molecule has 0 heterocycles. The van der Waals surface area contributed by atoms with Crippen LogP contribution in [0, 0.1) is 12.3 Å². The topological polar surface area (TPSA) is 72.6 Å². The number of hydrogen-bond acceptors (Lipinski definition) is 4. The number of hydrogen-bond donors (Lipinski definition) is 1. The summed E-state index contributed by atoms with van der Waals surface area (Å²) < 4.78 is 30.9. The number of terminal acetylenes is 1. The van der Waals surface area contributed by atoms with Crippen LogP contribution >= 0.6 is 11.6 Å². The van der Waals surface area contributed by atoms with E-state index in [9.17, 15) is 8.42 Å². The maximum absolute atomic E-state index is 12.4.